The van der Waals surface area contributed by atoms with E-state index in [9.17, 15) is 0 Å². The van der Waals surface area contributed by atoms with Gasteiger partial charge in [-0.1, -0.05) is 54.6 Å². The van der Waals surface area contributed by atoms with E-state index in [0.717, 1.165) is 33.5 Å². The molecular formula is C24H16N2. The van der Waals surface area contributed by atoms with E-state index in [0.29, 0.717) is 5.56 Å². The van der Waals surface area contributed by atoms with Crippen LogP contribution in [0.15, 0.2) is 97.2 Å². The van der Waals surface area contributed by atoms with Crippen molar-refractivity contribution in [3.63, 3.8) is 0 Å². The van der Waals surface area contributed by atoms with Crippen LogP contribution in [0.1, 0.15) is 5.56 Å². The van der Waals surface area contributed by atoms with Gasteiger partial charge in [-0.3, -0.25) is 4.98 Å². The lowest BCUT2D eigenvalue weighted by Crippen LogP contribution is -1.85. The number of aromatic nitrogens is 1. The van der Waals surface area contributed by atoms with E-state index in [4.69, 9.17) is 5.26 Å². The van der Waals surface area contributed by atoms with Gasteiger partial charge < -0.3 is 0 Å². The molecule has 4 rings (SSSR count). The van der Waals surface area contributed by atoms with E-state index in [1.165, 1.54) is 0 Å². The molecule has 2 heteroatoms. The van der Waals surface area contributed by atoms with Gasteiger partial charge in [0.25, 0.3) is 0 Å². The normalized spacial score (nSPS) is 10.3. The Morgan fingerprint density at radius 2 is 1.19 bits per heavy atom. The number of pyridine rings is 1. The number of rotatable bonds is 3. The van der Waals surface area contributed by atoms with Crippen molar-refractivity contribution >= 4 is 0 Å². The van der Waals surface area contributed by atoms with Crippen molar-refractivity contribution in [1.82, 2.24) is 4.98 Å². The van der Waals surface area contributed by atoms with Crippen LogP contribution in [0.2, 0.25) is 0 Å². The molecule has 0 bridgehead atoms. The third-order valence-corrected chi connectivity index (χ3v) is 4.37. The van der Waals surface area contributed by atoms with E-state index in [1.54, 1.807) is 0 Å². The Kier molecular flexibility index (Phi) is 4.28. The van der Waals surface area contributed by atoms with E-state index in [1.807, 2.05) is 48.7 Å². The van der Waals surface area contributed by atoms with Gasteiger partial charge in [0.1, 0.15) is 0 Å². The number of nitriles is 1. The maximum absolute atomic E-state index is 8.96. The van der Waals surface area contributed by atoms with Gasteiger partial charge in [0.05, 0.1) is 17.3 Å². The fraction of sp³-hybridized carbons (Fsp3) is 0. The molecule has 0 unspecified atom stereocenters. The number of benzene rings is 3. The third kappa shape index (κ3) is 3.24. The smallest absolute Gasteiger partial charge is 0.0991 e. The summed E-state index contributed by atoms with van der Waals surface area (Å²) in [5.74, 6) is 0. The molecule has 0 amide bonds. The molecule has 0 aliphatic heterocycles. The topological polar surface area (TPSA) is 36.7 Å². The number of hydrogen-bond acceptors (Lipinski definition) is 2. The molecule has 0 saturated carbocycles. The van der Waals surface area contributed by atoms with Crippen LogP contribution < -0.4 is 0 Å². The summed E-state index contributed by atoms with van der Waals surface area (Å²) in [6, 6.07) is 32.7. The van der Waals surface area contributed by atoms with Crippen molar-refractivity contribution in [3.05, 3.63) is 103 Å². The molecule has 0 saturated heterocycles. The zero-order valence-corrected chi connectivity index (χ0v) is 14.1. The highest BCUT2D eigenvalue weighted by molar-refractivity contribution is 5.76. The first-order chi connectivity index (χ1) is 12.8. The van der Waals surface area contributed by atoms with E-state index in [-0.39, 0.29) is 0 Å². The van der Waals surface area contributed by atoms with Crippen LogP contribution in [0.3, 0.4) is 0 Å². The molecule has 122 valence electrons. The molecule has 4 aromatic rings. The number of hydrogen-bond donors (Lipinski definition) is 0. The summed E-state index contributed by atoms with van der Waals surface area (Å²) in [6.07, 6.45) is 1.81. The van der Waals surface area contributed by atoms with Crippen molar-refractivity contribution in [1.29, 1.82) is 5.26 Å². The molecule has 0 radical (unpaired) electrons. The summed E-state index contributed by atoms with van der Waals surface area (Å²) in [6.45, 7) is 0. The average Bonchev–Trinajstić information content (AvgIpc) is 2.75. The SMILES string of the molecule is N#Cc1ccc(-c2cccc(-c3cccc(-c4ccccn4)c3)c2)cc1. The monoisotopic (exact) mass is 332 g/mol. The first-order valence-electron chi connectivity index (χ1n) is 8.46. The van der Waals surface area contributed by atoms with Crippen LogP contribution in [-0.4, -0.2) is 4.98 Å². The lowest BCUT2D eigenvalue weighted by molar-refractivity contribution is 1.33. The fourth-order valence-electron chi connectivity index (χ4n) is 3.01. The van der Waals surface area contributed by atoms with Crippen molar-refractivity contribution in [2.24, 2.45) is 0 Å². The van der Waals surface area contributed by atoms with Crippen molar-refractivity contribution in [2.75, 3.05) is 0 Å². The molecule has 0 fully saturated rings. The van der Waals surface area contributed by atoms with E-state index in [2.05, 4.69) is 59.6 Å². The summed E-state index contributed by atoms with van der Waals surface area (Å²) in [5, 5.41) is 8.96. The summed E-state index contributed by atoms with van der Waals surface area (Å²) in [7, 11) is 0. The minimum Gasteiger partial charge on any atom is -0.256 e. The second-order valence-electron chi connectivity index (χ2n) is 6.07. The quantitative estimate of drug-likeness (QED) is 0.464. The van der Waals surface area contributed by atoms with Crippen LogP contribution >= 0.6 is 0 Å². The number of nitrogens with zero attached hydrogens (tertiary/aromatic N) is 2. The van der Waals surface area contributed by atoms with Gasteiger partial charge in [0.15, 0.2) is 0 Å². The van der Waals surface area contributed by atoms with E-state index < -0.39 is 0 Å². The van der Waals surface area contributed by atoms with Gasteiger partial charge >= 0.3 is 0 Å². The first-order valence-corrected chi connectivity index (χ1v) is 8.46. The van der Waals surface area contributed by atoms with Gasteiger partial charge in [0, 0.05) is 11.8 Å². The van der Waals surface area contributed by atoms with Crippen molar-refractivity contribution in [2.45, 2.75) is 0 Å². The lowest BCUT2D eigenvalue weighted by Gasteiger charge is -2.08. The van der Waals surface area contributed by atoms with Gasteiger partial charge in [-0.15, -0.1) is 0 Å². The Bertz CT molecular complexity index is 1070. The predicted octanol–water partition coefficient (Wildman–Crippen LogP) is 5.95. The van der Waals surface area contributed by atoms with Crippen LogP contribution in [0.4, 0.5) is 0 Å². The maximum Gasteiger partial charge on any atom is 0.0991 e. The second-order valence-corrected chi connectivity index (χ2v) is 6.07. The van der Waals surface area contributed by atoms with Crippen LogP contribution in [-0.2, 0) is 0 Å². The Balaban J connectivity index is 1.72. The Morgan fingerprint density at radius 1 is 0.577 bits per heavy atom. The minimum absolute atomic E-state index is 0.674. The molecule has 1 heterocycles. The van der Waals surface area contributed by atoms with Crippen LogP contribution in [0.25, 0.3) is 33.5 Å². The molecule has 2 nitrogen and oxygen atoms in total. The van der Waals surface area contributed by atoms with Crippen molar-refractivity contribution in [3.8, 4) is 39.6 Å². The second kappa shape index (κ2) is 7.04. The summed E-state index contributed by atoms with van der Waals surface area (Å²) < 4.78 is 0. The largest absolute Gasteiger partial charge is 0.256 e. The molecule has 0 spiro atoms. The highest BCUT2D eigenvalue weighted by Crippen LogP contribution is 2.29. The Hall–Kier alpha value is -3.70. The lowest BCUT2D eigenvalue weighted by atomic mass is 9.97. The average molecular weight is 332 g/mol. The molecule has 26 heavy (non-hydrogen) atoms. The standard InChI is InChI=1S/C24H16N2/c25-17-18-10-12-19(13-11-18)20-5-3-6-21(15-20)22-7-4-8-23(16-22)24-9-1-2-14-26-24/h1-16H. The molecule has 0 aliphatic carbocycles. The highest BCUT2D eigenvalue weighted by atomic mass is 14.7. The van der Waals surface area contributed by atoms with Gasteiger partial charge in [-0.25, -0.2) is 0 Å². The fourth-order valence-corrected chi connectivity index (χ4v) is 3.01. The van der Waals surface area contributed by atoms with Gasteiger partial charge in [-0.05, 0) is 58.7 Å². The predicted molar refractivity (Wildman–Crippen MR) is 105 cm³/mol. The first kappa shape index (κ1) is 15.8. The Morgan fingerprint density at radius 3 is 1.81 bits per heavy atom. The Labute approximate surface area is 153 Å². The zero-order chi connectivity index (χ0) is 17.8. The summed E-state index contributed by atoms with van der Waals surface area (Å²) in [4.78, 5) is 4.44. The van der Waals surface area contributed by atoms with E-state index >= 15 is 0 Å². The zero-order valence-electron chi connectivity index (χ0n) is 14.1. The minimum atomic E-state index is 0.674. The highest BCUT2D eigenvalue weighted by Gasteiger charge is 2.05. The molecule has 3 aromatic carbocycles. The molecule has 0 aliphatic rings. The molecular weight excluding hydrogens is 316 g/mol. The maximum atomic E-state index is 8.96. The molecule has 1 aromatic heterocycles. The van der Waals surface area contributed by atoms with Crippen LogP contribution in [0.5, 0.6) is 0 Å². The molecule has 0 N–H and O–H groups in total. The van der Waals surface area contributed by atoms with Gasteiger partial charge in [0.2, 0.25) is 0 Å². The summed E-state index contributed by atoms with van der Waals surface area (Å²) in [5.41, 5.74) is 7.30. The third-order valence-electron chi connectivity index (χ3n) is 4.37. The molecule has 0 atom stereocenters. The van der Waals surface area contributed by atoms with Gasteiger partial charge in [-0.2, -0.15) is 5.26 Å². The van der Waals surface area contributed by atoms with Crippen molar-refractivity contribution < 1.29 is 0 Å². The summed E-state index contributed by atoms with van der Waals surface area (Å²) >= 11 is 0. The van der Waals surface area contributed by atoms with Crippen LogP contribution in [0, 0.1) is 11.3 Å².